The molecule has 0 bridgehead atoms. The maximum absolute atomic E-state index is 11.0. The molecule has 0 atom stereocenters. The van der Waals surface area contributed by atoms with Gasteiger partial charge in [-0.2, -0.15) is 0 Å². The van der Waals surface area contributed by atoms with Gasteiger partial charge >= 0.3 is 0 Å². The SMILES string of the molecule is CC(=O)Nc1ccc(OCc2nnc(SCc3ccccc3)o2)cc1. The number of aromatic nitrogens is 2. The molecule has 1 heterocycles. The summed E-state index contributed by atoms with van der Waals surface area (Å²) in [6.07, 6.45) is 0. The highest BCUT2D eigenvalue weighted by Gasteiger charge is 2.08. The van der Waals surface area contributed by atoms with Crippen LogP contribution in [0, 0.1) is 0 Å². The predicted molar refractivity (Wildman–Crippen MR) is 95.4 cm³/mol. The predicted octanol–water partition coefficient (Wildman–Crippen LogP) is 3.90. The van der Waals surface area contributed by atoms with Crippen LogP contribution in [0.3, 0.4) is 0 Å². The Morgan fingerprint density at radius 2 is 1.88 bits per heavy atom. The summed E-state index contributed by atoms with van der Waals surface area (Å²) in [6.45, 7) is 1.66. The summed E-state index contributed by atoms with van der Waals surface area (Å²) in [7, 11) is 0. The van der Waals surface area contributed by atoms with Crippen LogP contribution in [0.15, 0.2) is 64.2 Å². The monoisotopic (exact) mass is 355 g/mol. The van der Waals surface area contributed by atoms with E-state index < -0.39 is 0 Å². The number of amides is 1. The number of benzene rings is 2. The molecule has 0 saturated heterocycles. The van der Waals surface area contributed by atoms with Crippen molar-refractivity contribution >= 4 is 23.4 Å². The Kier molecular flexibility index (Phi) is 5.69. The summed E-state index contributed by atoms with van der Waals surface area (Å²) in [4.78, 5) is 11.0. The summed E-state index contributed by atoms with van der Waals surface area (Å²) in [5, 5.41) is 11.2. The molecular formula is C18H17N3O3S. The van der Waals surface area contributed by atoms with E-state index in [9.17, 15) is 4.79 Å². The van der Waals surface area contributed by atoms with E-state index in [-0.39, 0.29) is 12.5 Å². The molecule has 128 valence electrons. The fraction of sp³-hybridized carbons (Fsp3) is 0.167. The number of hydrogen-bond donors (Lipinski definition) is 1. The van der Waals surface area contributed by atoms with Crippen molar-refractivity contribution in [2.45, 2.75) is 24.5 Å². The highest BCUT2D eigenvalue weighted by molar-refractivity contribution is 7.98. The highest BCUT2D eigenvalue weighted by Crippen LogP contribution is 2.22. The van der Waals surface area contributed by atoms with Crippen LogP contribution in [0.4, 0.5) is 5.69 Å². The van der Waals surface area contributed by atoms with Crippen LogP contribution in [-0.2, 0) is 17.2 Å². The van der Waals surface area contributed by atoms with Crippen molar-refractivity contribution in [2.24, 2.45) is 0 Å². The molecule has 0 fully saturated rings. The number of anilines is 1. The Hall–Kier alpha value is -2.80. The van der Waals surface area contributed by atoms with Crippen LogP contribution in [0.5, 0.6) is 5.75 Å². The molecular weight excluding hydrogens is 338 g/mol. The van der Waals surface area contributed by atoms with E-state index in [1.807, 2.05) is 18.2 Å². The Morgan fingerprint density at radius 1 is 1.12 bits per heavy atom. The maximum Gasteiger partial charge on any atom is 0.277 e. The van der Waals surface area contributed by atoms with E-state index in [0.717, 1.165) is 11.4 Å². The van der Waals surface area contributed by atoms with Crippen LogP contribution in [-0.4, -0.2) is 16.1 Å². The molecule has 1 aromatic heterocycles. The summed E-state index contributed by atoms with van der Waals surface area (Å²) < 4.78 is 11.2. The van der Waals surface area contributed by atoms with Crippen LogP contribution in [0.2, 0.25) is 0 Å². The summed E-state index contributed by atoms with van der Waals surface area (Å²) in [5.41, 5.74) is 1.92. The van der Waals surface area contributed by atoms with Gasteiger partial charge in [0.15, 0.2) is 6.61 Å². The number of thioether (sulfide) groups is 1. The fourth-order valence-corrected chi connectivity index (χ4v) is 2.79. The molecule has 1 N–H and O–H groups in total. The van der Waals surface area contributed by atoms with Crippen molar-refractivity contribution in [1.82, 2.24) is 10.2 Å². The molecule has 6 nitrogen and oxygen atoms in total. The van der Waals surface area contributed by atoms with E-state index in [2.05, 4.69) is 27.6 Å². The smallest absolute Gasteiger partial charge is 0.277 e. The van der Waals surface area contributed by atoms with Crippen molar-refractivity contribution in [3.05, 3.63) is 66.1 Å². The van der Waals surface area contributed by atoms with E-state index in [1.165, 1.54) is 24.2 Å². The van der Waals surface area contributed by atoms with Crippen molar-refractivity contribution in [2.75, 3.05) is 5.32 Å². The maximum atomic E-state index is 11.0. The standard InChI is InChI=1S/C18H17N3O3S/c1-13(22)19-15-7-9-16(10-8-15)23-11-17-20-21-18(24-17)25-12-14-5-3-2-4-6-14/h2-10H,11-12H2,1H3,(H,19,22). The molecule has 7 heteroatoms. The van der Waals surface area contributed by atoms with E-state index in [0.29, 0.717) is 16.9 Å². The quantitative estimate of drug-likeness (QED) is 0.648. The summed E-state index contributed by atoms with van der Waals surface area (Å²) in [6, 6.07) is 17.2. The molecule has 1 amide bonds. The van der Waals surface area contributed by atoms with Crippen LogP contribution < -0.4 is 10.1 Å². The number of carbonyl (C=O) groups is 1. The molecule has 25 heavy (non-hydrogen) atoms. The van der Waals surface area contributed by atoms with Gasteiger partial charge in [-0.05, 0) is 29.8 Å². The van der Waals surface area contributed by atoms with E-state index >= 15 is 0 Å². The molecule has 2 aromatic carbocycles. The first-order valence-electron chi connectivity index (χ1n) is 7.68. The zero-order valence-electron chi connectivity index (χ0n) is 13.6. The van der Waals surface area contributed by atoms with Gasteiger partial charge in [0.1, 0.15) is 5.75 Å². The van der Waals surface area contributed by atoms with Crippen molar-refractivity contribution in [3.8, 4) is 5.75 Å². The number of nitrogens with one attached hydrogen (secondary N) is 1. The van der Waals surface area contributed by atoms with Crippen molar-refractivity contribution in [3.63, 3.8) is 0 Å². The fourth-order valence-electron chi connectivity index (χ4n) is 2.06. The Morgan fingerprint density at radius 3 is 2.60 bits per heavy atom. The largest absolute Gasteiger partial charge is 0.484 e. The van der Waals surface area contributed by atoms with Crippen molar-refractivity contribution in [1.29, 1.82) is 0 Å². The number of rotatable bonds is 7. The topological polar surface area (TPSA) is 77.2 Å². The number of carbonyl (C=O) groups excluding carboxylic acids is 1. The lowest BCUT2D eigenvalue weighted by molar-refractivity contribution is -0.114. The average Bonchev–Trinajstić information content (AvgIpc) is 3.08. The first-order chi connectivity index (χ1) is 12.2. The van der Waals surface area contributed by atoms with Gasteiger partial charge < -0.3 is 14.5 Å². The third-order valence-corrected chi connectivity index (χ3v) is 4.08. The minimum atomic E-state index is -0.111. The minimum Gasteiger partial charge on any atom is -0.484 e. The Labute approximate surface area is 149 Å². The van der Waals surface area contributed by atoms with Crippen LogP contribution in [0.1, 0.15) is 18.4 Å². The van der Waals surface area contributed by atoms with Gasteiger partial charge in [0, 0.05) is 18.4 Å². The molecule has 0 aliphatic carbocycles. The Bertz CT molecular complexity index is 819. The van der Waals surface area contributed by atoms with Crippen LogP contribution in [0.25, 0.3) is 0 Å². The second-order valence-corrected chi connectivity index (χ2v) is 6.16. The molecule has 0 unspecified atom stereocenters. The van der Waals surface area contributed by atoms with E-state index in [1.54, 1.807) is 24.3 Å². The first-order valence-corrected chi connectivity index (χ1v) is 8.67. The summed E-state index contributed by atoms with van der Waals surface area (Å²) >= 11 is 1.49. The third kappa shape index (κ3) is 5.36. The lowest BCUT2D eigenvalue weighted by Crippen LogP contribution is -2.05. The second-order valence-electron chi connectivity index (χ2n) is 5.23. The second kappa shape index (κ2) is 8.34. The molecule has 0 saturated carbocycles. The molecule has 0 radical (unpaired) electrons. The van der Waals surface area contributed by atoms with Gasteiger partial charge in [-0.1, -0.05) is 42.1 Å². The van der Waals surface area contributed by atoms with Gasteiger partial charge in [-0.25, -0.2) is 0 Å². The molecule has 0 aliphatic heterocycles. The molecule has 3 aromatic rings. The van der Waals surface area contributed by atoms with Gasteiger partial charge in [-0.15, -0.1) is 10.2 Å². The van der Waals surface area contributed by atoms with Gasteiger partial charge in [0.05, 0.1) is 0 Å². The minimum absolute atomic E-state index is 0.111. The number of nitrogens with zero attached hydrogens (tertiary/aromatic N) is 2. The number of ether oxygens (including phenoxy) is 1. The van der Waals surface area contributed by atoms with Gasteiger partial charge in [0.2, 0.25) is 5.91 Å². The average molecular weight is 355 g/mol. The molecule has 0 aliphatic rings. The summed E-state index contributed by atoms with van der Waals surface area (Å²) in [5.74, 6) is 1.74. The zero-order valence-corrected chi connectivity index (χ0v) is 14.5. The third-order valence-electron chi connectivity index (χ3n) is 3.19. The lowest BCUT2D eigenvalue weighted by atomic mass is 10.2. The van der Waals surface area contributed by atoms with Gasteiger partial charge in [0.25, 0.3) is 11.1 Å². The zero-order chi connectivity index (χ0) is 17.5. The van der Waals surface area contributed by atoms with Gasteiger partial charge in [-0.3, -0.25) is 4.79 Å². The highest BCUT2D eigenvalue weighted by atomic mass is 32.2. The molecule has 0 spiro atoms. The Balaban J connectivity index is 1.49. The number of hydrogen-bond acceptors (Lipinski definition) is 6. The first kappa shape index (κ1) is 17.0. The van der Waals surface area contributed by atoms with Crippen molar-refractivity contribution < 1.29 is 13.9 Å². The molecule has 3 rings (SSSR count). The normalized spacial score (nSPS) is 10.4. The van der Waals surface area contributed by atoms with Crippen LogP contribution >= 0.6 is 11.8 Å². The lowest BCUT2D eigenvalue weighted by Gasteiger charge is -2.05. The van der Waals surface area contributed by atoms with E-state index in [4.69, 9.17) is 9.15 Å².